The number of aliphatic imine (C=N–C) groups is 1. The number of carboxylic acid groups (broad SMARTS) is 1. The molecule has 0 amide bonds. The van der Waals surface area contributed by atoms with Crippen molar-refractivity contribution in [3.63, 3.8) is 0 Å². The molecule has 0 spiro atoms. The van der Waals surface area contributed by atoms with Gasteiger partial charge < -0.3 is 10.2 Å². The standard InChI is InChI=1S/C9H8N2O4/c12-8(13)6-3-1-5(2-4-6)7-10-9(14)15-11-7/h1-4,9,14H,(H,10,11)(H,12,13). The van der Waals surface area contributed by atoms with Gasteiger partial charge in [0.2, 0.25) is 0 Å². The number of hydrogen-bond acceptors (Lipinski definition) is 5. The predicted molar refractivity (Wildman–Crippen MR) is 50.2 cm³/mol. The number of rotatable bonds is 2. The van der Waals surface area contributed by atoms with Crippen molar-refractivity contribution in [3.05, 3.63) is 35.4 Å². The molecule has 0 fully saturated rings. The van der Waals surface area contributed by atoms with E-state index in [0.717, 1.165) is 0 Å². The van der Waals surface area contributed by atoms with E-state index in [1.165, 1.54) is 12.1 Å². The Kier molecular flexibility index (Phi) is 2.36. The zero-order valence-corrected chi connectivity index (χ0v) is 7.54. The fraction of sp³-hybridized carbons (Fsp3) is 0.111. The van der Waals surface area contributed by atoms with Gasteiger partial charge in [-0.15, -0.1) is 0 Å². The number of nitrogens with zero attached hydrogens (tertiary/aromatic N) is 1. The van der Waals surface area contributed by atoms with Gasteiger partial charge >= 0.3 is 5.97 Å². The quantitative estimate of drug-likeness (QED) is 0.633. The van der Waals surface area contributed by atoms with Crippen LogP contribution in [0.4, 0.5) is 0 Å². The number of aliphatic hydroxyl groups is 1. The first-order valence-electron chi connectivity index (χ1n) is 4.18. The van der Waals surface area contributed by atoms with Gasteiger partial charge in [-0.05, 0) is 12.1 Å². The van der Waals surface area contributed by atoms with E-state index in [4.69, 9.17) is 10.2 Å². The summed E-state index contributed by atoms with van der Waals surface area (Å²) in [5.41, 5.74) is 3.27. The number of nitrogens with one attached hydrogen (secondary N) is 1. The number of amidine groups is 1. The van der Waals surface area contributed by atoms with E-state index in [0.29, 0.717) is 11.4 Å². The maximum atomic E-state index is 10.6. The SMILES string of the molecule is O=C(O)c1ccc(C2=NC(O)ON2)cc1. The molecule has 15 heavy (non-hydrogen) atoms. The first-order chi connectivity index (χ1) is 7.16. The highest BCUT2D eigenvalue weighted by molar-refractivity contribution is 5.99. The molecule has 0 radical (unpaired) electrons. The highest BCUT2D eigenvalue weighted by Crippen LogP contribution is 2.08. The van der Waals surface area contributed by atoms with Crippen molar-refractivity contribution in [2.45, 2.75) is 6.41 Å². The highest BCUT2D eigenvalue weighted by Gasteiger charge is 2.16. The smallest absolute Gasteiger partial charge is 0.335 e. The van der Waals surface area contributed by atoms with Crippen LogP contribution in [0.25, 0.3) is 0 Å². The van der Waals surface area contributed by atoms with E-state index in [9.17, 15) is 4.79 Å². The van der Waals surface area contributed by atoms with E-state index in [-0.39, 0.29) is 5.56 Å². The monoisotopic (exact) mass is 208 g/mol. The lowest BCUT2D eigenvalue weighted by Gasteiger charge is -2.00. The summed E-state index contributed by atoms with van der Waals surface area (Å²) in [6.45, 7) is 0. The summed E-state index contributed by atoms with van der Waals surface area (Å²) >= 11 is 0. The first kappa shape index (κ1) is 9.63. The van der Waals surface area contributed by atoms with Crippen molar-refractivity contribution in [1.29, 1.82) is 0 Å². The Morgan fingerprint density at radius 2 is 2.07 bits per heavy atom. The molecule has 6 heteroatoms. The fourth-order valence-electron chi connectivity index (χ4n) is 1.18. The van der Waals surface area contributed by atoms with Gasteiger partial charge in [0, 0.05) is 5.56 Å². The van der Waals surface area contributed by atoms with Crippen LogP contribution >= 0.6 is 0 Å². The Morgan fingerprint density at radius 3 is 2.53 bits per heavy atom. The average Bonchev–Trinajstić information content (AvgIpc) is 2.65. The van der Waals surface area contributed by atoms with Crippen LogP contribution in [-0.2, 0) is 4.84 Å². The molecule has 1 aliphatic rings. The Hall–Kier alpha value is -1.92. The molecule has 78 valence electrons. The maximum absolute atomic E-state index is 10.6. The molecule has 1 unspecified atom stereocenters. The Bertz CT molecular complexity index is 413. The molecule has 1 atom stereocenters. The van der Waals surface area contributed by atoms with Gasteiger partial charge in [0.25, 0.3) is 6.41 Å². The van der Waals surface area contributed by atoms with Crippen LogP contribution in [0.2, 0.25) is 0 Å². The van der Waals surface area contributed by atoms with Gasteiger partial charge in [-0.2, -0.15) is 0 Å². The second-order valence-electron chi connectivity index (χ2n) is 2.91. The third kappa shape index (κ3) is 1.95. The summed E-state index contributed by atoms with van der Waals surface area (Å²) in [5, 5.41) is 17.6. The van der Waals surface area contributed by atoms with Crippen molar-refractivity contribution in [1.82, 2.24) is 5.48 Å². The molecule has 2 rings (SSSR count). The van der Waals surface area contributed by atoms with Crippen LogP contribution in [0.1, 0.15) is 15.9 Å². The molecule has 3 N–H and O–H groups in total. The van der Waals surface area contributed by atoms with Gasteiger partial charge in [-0.3, -0.25) is 0 Å². The van der Waals surface area contributed by atoms with Gasteiger partial charge in [0.1, 0.15) is 0 Å². The van der Waals surface area contributed by atoms with E-state index < -0.39 is 12.4 Å². The minimum Gasteiger partial charge on any atom is -0.478 e. The third-order valence-electron chi connectivity index (χ3n) is 1.91. The number of carbonyl (C=O) groups is 1. The first-order valence-corrected chi connectivity index (χ1v) is 4.18. The normalized spacial score (nSPS) is 19.5. The minimum absolute atomic E-state index is 0.193. The van der Waals surface area contributed by atoms with Crippen LogP contribution < -0.4 is 5.48 Å². The Morgan fingerprint density at radius 1 is 1.40 bits per heavy atom. The van der Waals surface area contributed by atoms with E-state index in [1.807, 2.05) is 0 Å². The zero-order chi connectivity index (χ0) is 10.8. The minimum atomic E-state index is -1.21. The van der Waals surface area contributed by atoms with Crippen molar-refractivity contribution in [2.75, 3.05) is 0 Å². The van der Waals surface area contributed by atoms with Crippen LogP contribution in [0.3, 0.4) is 0 Å². The second kappa shape index (κ2) is 3.68. The van der Waals surface area contributed by atoms with E-state index in [1.54, 1.807) is 12.1 Å². The van der Waals surface area contributed by atoms with E-state index in [2.05, 4.69) is 15.3 Å². The molecule has 0 aromatic heterocycles. The average molecular weight is 208 g/mol. The number of hydroxylamine groups is 1. The van der Waals surface area contributed by atoms with Gasteiger partial charge in [-0.1, -0.05) is 12.1 Å². The van der Waals surface area contributed by atoms with Crippen LogP contribution in [0, 0.1) is 0 Å². The number of carboxylic acids is 1. The van der Waals surface area contributed by atoms with Gasteiger partial charge in [-0.25, -0.2) is 20.1 Å². The van der Waals surface area contributed by atoms with Crippen molar-refractivity contribution >= 4 is 11.8 Å². The summed E-state index contributed by atoms with van der Waals surface area (Å²) in [4.78, 5) is 18.9. The molecule has 1 aromatic carbocycles. The molecule has 0 saturated carbocycles. The largest absolute Gasteiger partial charge is 0.478 e. The van der Waals surface area contributed by atoms with Gasteiger partial charge in [0.05, 0.1) is 5.56 Å². The van der Waals surface area contributed by atoms with Crippen molar-refractivity contribution in [2.24, 2.45) is 4.99 Å². The summed E-state index contributed by atoms with van der Waals surface area (Å²) in [7, 11) is 0. The zero-order valence-electron chi connectivity index (χ0n) is 7.54. The fourth-order valence-corrected chi connectivity index (χ4v) is 1.18. The summed E-state index contributed by atoms with van der Waals surface area (Å²) in [6, 6.07) is 6.06. The number of hydrogen-bond donors (Lipinski definition) is 3. The predicted octanol–water partition coefficient (Wildman–Crippen LogP) is -0.0579. The molecule has 0 saturated heterocycles. The lowest BCUT2D eigenvalue weighted by atomic mass is 10.1. The number of benzene rings is 1. The molecule has 1 aromatic rings. The third-order valence-corrected chi connectivity index (χ3v) is 1.91. The lowest BCUT2D eigenvalue weighted by molar-refractivity contribution is -0.102. The molecule has 1 aliphatic heterocycles. The summed E-state index contributed by atoms with van der Waals surface area (Å²) in [6.07, 6.45) is -1.21. The molecular weight excluding hydrogens is 200 g/mol. The Balaban J connectivity index is 2.24. The Labute approximate surface area is 84.8 Å². The molecular formula is C9H8N2O4. The number of aromatic carboxylic acids is 1. The van der Waals surface area contributed by atoms with Crippen LogP contribution in [0.15, 0.2) is 29.3 Å². The molecule has 0 bridgehead atoms. The van der Waals surface area contributed by atoms with Crippen molar-refractivity contribution < 1.29 is 19.8 Å². The maximum Gasteiger partial charge on any atom is 0.335 e. The van der Waals surface area contributed by atoms with Gasteiger partial charge in [0.15, 0.2) is 5.84 Å². The van der Waals surface area contributed by atoms with Crippen LogP contribution in [0.5, 0.6) is 0 Å². The lowest BCUT2D eigenvalue weighted by Crippen LogP contribution is -2.19. The molecule has 1 heterocycles. The van der Waals surface area contributed by atoms with Crippen LogP contribution in [-0.4, -0.2) is 28.4 Å². The second-order valence-corrected chi connectivity index (χ2v) is 2.91. The topological polar surface area (TPSA) is 91.2 Å². The highest BCUT2D eigenvalue weighted by atomic mass is 16.7. The molecule has 0 aliphatic carbocycles. The summed E-state index contributed by atoms with van der Waals surface area (Å²) in [5.74, 6) is -0.612. The van der Waals surface area contributed by atoms with Crippen molar-refractivity contribution in [3.8, 4) is 0 Å². The van der Waals surface area contributed by atoms with E-state index >= 15 is 0 Å². The number of aliphatic hydroxyl groups excluding tert-OH is 1. The molecule has 6 nitrogen and oxygen atoms in total. The summed E-state index contributed by atoms with van der Waals surface area (Å²) < 4.78 is 0.